The van der Waals surface area contributed by atoms with Gasteiger partial charge in [-0.2, -0.15) is 14.9 Å². The van der Waals surface area contributed by atoms with Crippen LogP contribution >= 0.6 is 0 Å². The van der Waals surface area contributed by atoms with Gasteiger partial charge in [-0.15, -0.1) is 0 Å². The number of nitrogens with zero attached hydrogens (tertiary/aromatic N) is 6. The maximum atomic E-state index is 14.1. The minimum Gasteiger partial charge on any atom is -0.493 e. The van der Waals surface area contributed by atoms with Crippen LogP contribution in [0.5, 0.6) is 11.8 Å². The van der Waals surface area contributed by atoms with Crippen LogP contribution < -0.4 is 0 Å². The number of ether oxygens (including phenoxy) is 1. The van der Waals surface area contributed by atoms with Crippen molar-refractivity contribution in [3.63, 3.8) is 0 Å². The number of carbonyl (C=O) groups excluding carboxylic acids is 1. The Balaban J connectivity index is 0.000000246. The minimum atomic E-state index is -1.37. The van der Waals surface area contributed by atoms with E-state index in [2.05, 4.69) is 20.2 Å². The van der Waals surface area contributed by atoms with Crippen LogP contribution in [0.3, 0.4) is 0 Å². The van der Waals surface area contributed by atoms with E-state index in [0.717, 1.165) is 23.0 Å². The molecule has 4 N–H and O–H groups in total. The summed E-state index contributed by atoms with van der Waals surface area (Å²) in [4.78, 5) is 42.7. The summed E-state index contributed by atoms with van der Waals surface area (Å²) >= 11 is 0. The molecule has 1 radical (unpaired) electrons. The van der Waals surface area contributed by atoms with Crippen LogP contribution in [0.1, 0.15) is 61.9 Å². The summed E-state index contributed by atoms with van der Waals surface area (Å²) in [5, 5.41) is 48.0. The molecule has 0 spiro atoms. The number of esters is 1. The fourth-order valence-electron chi connectivity index (χ4n) is 5.14. The van der Waals surface area contributed by atoms with E-state index in [-0.39, 0.29) is 57.3 Å². The van der Waals surface area contributed by atoms with E-state index in [1.54, 1.807) is 49.4 Å². The molecule has 0 bridgehead atoms. The monoisotopic (exact) mass is 809 g/mol. The maximum absolute atomic E-state index is 14.1. The molecule has 0 saturated heterocycles. The molecule has 6 rings (SSSR count). The minimum absolute atomic E-state index is 0. The SMILES string of the molecule is CCOC(=O)c1nn(-c2ccccc2)c(O)c1C=Nc1c(F)cccc1C(=O)O.CCc1nn(-c2ccccc2)c(O)c1C=Nc1c(F)cccc1C(=O)O.[Co]. The molecule has 17 heteroatoms. The Morgan fingerprint density at radius 2 is 1.12 bits per heavy atom. The van der Waals surface area contributed by atoms with E-state index in [9.17, 15) is 43.6 Å². The number of carboxylic acids is 2. The van der Waals surface area contributed by atoms with Crippen molar-refractivity contribution in [2.75, 3.05) is 6.61 Å². The van der Waals surface area contributed by atoms with E-state index in [1.165, 1.54) is 35.2 Å². The van der Waals surface area contributed by atoms with Crippen LogP contribution in [0.15, 0.2) is 107 Å². The molecule has 2 heterocycles. The van der Waals surface area contributed by atoms with E-state index in [0.29, 0.717) is 29.1 Å². The molecule has 0 aliphatic carbocycles. The molecule has 56 heavy (non-hydrogen) atoms. The van der Waals surface area contributed by atoms with Gasteiger partial charge in [0.05, 0.1) is 45.9 Å². The smallest absolute Gasteiger partial charge is 0.359 e. The quantitative estimate of drug-likeness (QED) is 0.0775. The molecule has 0 aliphatic heterocycles. The summed E-state index contributed by atoms with van der Waals surface area (Å²) < 4.78 is 35.5. The van der Waals surface area contributed by atoms with Crippen molar-refractivity contribution in [2.45, 2.75) is 20.3 Å². The third kappa shape index (κ3) is 9.20. The first-order valence-corrected chi connectivity index (χ1v) is 16.5. The molecule has 14 nitrogen and oxygen atoms in total. The molecule has 6 aromatic rings. The van der Waals surface area contributed by atoms with Crippen molar-refractivity contribution in [1.82, 2.24) is 19.6 Å². The van der Waals surface area contributed by atoms with Gasteiger partial charge in [0.15, 0.2) is 5.69 Å². The number of carboxylic acid groups (broad SMARTS) is 2. The first kappa shape index (κ1) is 41.8. The van der Waals surface area contributed by atoms with Crippen molar-refractivity contribution in [3.05, 3.63) is 142 Å². The summed E-state index contributed by atoms with van der Waals surface area (Å²) in [5.74, 6) is -5.67. The number of aromatic nitrogens is 4. The number of hydrogen-bond donors (Lipinski definition) is 4. The molecule has 0 saturated carbocycles. The van der Waals surface area contributed by atoms with Crippen LogP contribution in [0.25, 0.3) is 11.4 Å². The number of halogens is 2. The van der Waals surface area contributed by atoms with Crippen molar-refractivity contribution < 1.29 is 65.1 Å². The first-order chi connectivity index (χ1) is 26.5. The van der Waals surface area contributed by atoms with Crippen LogP contribution in [0.2, 0.25) is 0 Å². The van der Waals surface area contributed by atoms with Crippen LogP contribution in [-0.2, 0) is 27.9 Å². The average molecular weight is 810 g/mol. The Kier molecular flexibility index (Phi) is 14.1. The van der Waals surface area contributed by atoms with E-state index in [4.69, 9.17) is 4.74 Å². The van der Waals surface area contributed by atoms with Crippen molar-refractivity contribution in [1.29, 1.82) is 0 Å². The Labute approximate surface area is 327 Å². The average Bonchev–Trinajstić information content (AvgIpc) is 3.69. The van der Waals surface area contributed by atoms with Crippen LogP contribution in [0.4, 0.5) is 20.2 Å². The Morgan fingerprint density at radius 3 is 1.57 bits per heavy atom. The summed E-state index contributed by atoms with van der Waals surface area (Å²) in [6.45, 7) is 3.54. The molecule has 0 aliphatic rings. The Bertz CT molecular complexity index is 2420. The normalized spacial score (nSPS) is 10.9. The zero-order valence-corrected chi connectivity index (χ0v) is 30.5. The maximum Gasteiger partial charge on any atom is 0.359 e. The molecular weight excluding hydrogens is 777 g/mol. The second-order valence-electron chi connectivity index (χ2n) is 11.2. The zero-order chi connectivity index (χ0) is 39.6. The van der Waals surface area contributed by atoms with Crippen LogP contribution in [0, 0.1) is 11.6 Å². The third-order valence-electron chi connectivity index (χ3n) is 7.75. The molecular formula is C39H32CoF2N6O8. The van der Waals surface area contributed by atoms with Gasteiger partial charge in [-0.05, 0) is 61.9 Å². The number of carbonyl (C=O) groups is 3. The Hall–Kier alpha value is -6.98. The van der Waals surface area contributed by atoms with Crippen molar-refractivity contribution in [3.8, 4) is 23.1 Å². The molecule has 0 atom stereocenters. The van der Waals surface area contributed by atoms with E-state index >= 15 is 0 Å². The van der Waals surface area contributed by atoms with Crippen LogP contribution in [-0.4, -0.2) is 76.9 Å². The predicted molar refractivity (Wildman–Crippen MR) is 197 cm³/mol. The second kappa shape index (κ2) is 18.9. The number of hydrogen-bond acceptors (Lipinski definition) is 10. The molecule has 0 fully saturated rings. The zero-order valence-electron chi connectivity index (χ0n) is 29.5. The molecule has 289 valence electrons. The number of rotatable bonds is 11. The number of aryl methyl sites for hydroxylation is 1. The van der Waals surface area contributed by atoms with E-state index in [1.807, 2.05) is 25.1 Å². The van der Waals surface area contributed by atoms with Gasteiger partial charge in [-0.1, -0.05) is 55.5 Å². The van der Waals surface area contributed by atoms with Gasteiger partial charge in [-0.3, -0.25) is 9.98 Å². The van der Waals surface area contributed by atoms with Gasteiger partial charge in [0, 0.05) is 29.2 Å². The van der Waals surface area contributed by atoms with Gasteiger partial charge >= 0.3 is 17.9 Å². The topological polar surface area (TPSA) is 202 Å². The second-order valence-corrected chi connectivity index (χ2v) is 11.2. The Morgan fingerprint density at radius 1 is 0.679 bits per heavy atom. The molecule has 4 aromatic carbocycles. The third-order valence-corrected chi connectivity index (χ3v) is 7.75. The van der Waals surface area contributed by atoms with Gasteiger partial charge < -0.3 is 25.2 Å². The summed E-state index contributed by atoms with van der Waals surface area (Å²) in [7, 11) is 0. The number of aliphatic imine (C=N–C) groups is 2. The number of para-hydroxylation sites is 4. The van der Waals surface area contributed by atoms with Gasteiger partial charge in [0.25, 0.3) is 0 Å². The standard InChI is InChI=1S/C20H16FN3O5.C19H16FN3O3.Co/c1-2-29-20(28)17-14(18(25)24(23-17)12-7-4-3-5-8-12)11-22-16-13(19(26)27)9-6-10-15(16)21;1-2-16-14(18(24)23(22-16)12-7-4-3-5-8-12)11-21-17-13(19(25)26)9-6-10-15(17)20;/h3-11,25H,2H2,1H3,(H,26,27);3-11,24H,2H2,1H3,(H,25,26);. The molecule has 0 unspecified atom stereocenters. The van der Waals surface area contributed by atoms with Crippen molar-refractivity contribution in [2.24, 2.45) is 9.98 Å². The molecule has 2 aromatic heterocycles. The number of aromatic hydroxyl groups is 2. The van der Waals surface area contributed by atoms with Crippen molar-refractivity contribution >= 4 is 41.7 Å². The van der Waals surface area contributed by atoms with Gasteiger partial charge in [-0.25, -0.2) is 27.8 Å². The fourth-order valence-corrected chi connectivity index (χ4v) is 5.14. The number of aromatic carboxylic acids is 2. The summed E-state index contributed by atoms with van der Waals surface area (Å²) in [6, 6.07) is 24.7. The van der Waals surface area contributed by atoms with E-state index < -0.39 is 41.1 Å². The summed E-state index contributed by atoms with van der Waals surface area (Å²) in [6.07, 6.45) is 2.74. The van der Waals surface area contributed by atoms with Gasteiger partial charge in [0.1, 0.15) is 23.0 Å². The predicted octanol–water partition coefficient (Wildman–Crippen LogP) is 7.07. The first-order valence-electron chi connectivity index (χ1n) is 16.5. The van der Waals surface area contributed by atoms with Gasteiger partial charge in [0.2, 0.25) is 11.8 Å². The largest absolute Gasteiger partial charge is 0.493 e. The molecule has 0 amide bonds. The fraction of sp³-hybridized carbons (Fsp3) is 0.103. The summed E-state index contributed by atoms with van der Waals surface area (Å²) in [5.41, 5.74) is 0.263. The number of benzene rings is 4.